The number of anilines is 1. The van der Waals surface area contributed by atoms with Crippen LogP contribution >= 0.6 is 11.8 Å². The zero-order valence-electron chi connectivity index (χ0n) is 14.5. The van der Waals surface area contributed by atoms with Crippen LogP contribution in [-0.2, 0) is 15.3 Å². The van der Waals surface area contributed by atoms with Crippen LogP contribution < -0.4 is 16.4 Å². The third-order valence-corrected chi connectivity index (χ3v) is 4.46. The smallest absolute Gasteiger partial charge is 0.251 e. The zero-order valence-corrected chi connectivity index (χ0v) is 15.3. The molecule has 0 spiro atoms. The van der Waals surface area contributed by atoms with E-state index in [4.69, 9.17) is 5.73 Å². The molecule has 0 aliphatic heterocycles. The average Bonchev–Trinajstić information content (AvgIpc) is 2.61. The number of hydrogen-bond acceptors (Lipinski definition) is 4. The van der Waals surface area contributed by atoms with Gasteiger partial charge in [-0.15, -0.1) is 11.8 Å². The van der Waals surface area contributed by atoms with Gasteiger partial charge in [0.1, 0.15) is 0 Å². The van der Waals surface area contributed by atoms with E-state index in [2.05, 4.69) is 22.8 Å². The maximum Gasteiger partial charge on any atom is 0.251 e. The first-order chi connectivity index (χ1) is 12.4. The van der Waals surface area contributed by atoms with Gasteiger partial charge in [0.05, 0.1) is 12.3 Å². The summed E-state index contributed by atoms with van der Waals surface area (Å²) in [6.07, 6.45) is 0. The fourth-order valence-corrected chi connectivity index (χ4v) is 2.94. The lowest BCUT2D eigenvalue weighted by molar-refractivity contribution is -0.117. The van der Waals surface area contributed by atoms with Crippen LogP contribution in [0, 0.1) is 6.92 Å². The van der Waals surface area contributed by atoms with Crippen LogP contribution in [0.2, 0.25) is 0 Å². The molecule has 0 aliphatic rings. The minimum absolute atomic E-state index is 0.142. The van der Waals surface area contributed by atoms with E-state index < -0.39 is 11.8 Å². The highest BCUT2D eigenvalue weighted by molar-refractivity contribution is 7.99. The molecule has 6 nitrogen and oxygen atoms in total. The van der Waals surface area contributed by atoms with Crippen molar-refractivity contribution in [2.24, 2.45) is 5.73 Å². The highest BCUT2D eigenvalue weighted by atomic mass is 32.2. The summed E-state index contributed by atoms with van der Waals surface area (Å²) in [4.78, 5) is 34.7. The Hall–Kier alpha value is -2.80. The minimum atomic E-state index is -0.617. The maximum absolute atomic E-state index is 12.1. The lowest BCUT2D eigenvalue weighted by Gasteiger charge is -2.08. The summed E-state index contributed by atoms with van der Waals surface area (Å²) in [5.74, 6) is -0.117. The van der Waals surface area contributed by atoms with E-state index in [1.807, 2.05) is 19.1 Å². The van der Waals surface area contributed by atoms with Crippen molar-refractivity contribution in [3.8, 4) is 0 Å². The normalized spacial score (nSPS) is 10.2. The molecule has 2 rings (SSSR count). The van der Waals surface area contributed by atoms with Crippen molar-refractivity contribution in [2.75, 3.05) is 17.6 Å². The molecule has 0 aromatic heterocycles. The first-order valence-corrected chi connectivity index (χ1v) is 9.19. The SMILES string of the molecule is Cc1ccc(CSCC(=O)Nc2cccc(C(=O)NCC(N)=O)c2)cc1. The standard InChI is InChI=1S/C19H21N3O3S/c1-13-5-7-14(8-6-13)11-26-12-18(24)22-16-4-2-3-15(9-16)19(25)21-10-17(20)23/h2-9H,10-12H2,1H3,(H2,20,23)(H,21,25)(H,22,24). The number of amides is 3. The van der Waals surface area contributed by atoms with Crippen molar-refractivity contribution in [1.29, 1.82) is 0 Å². The third kappa shape index (κ3) is 6.60. The number of rotatable bonds is 8. The van der Waals surface area contributed by atoms with Gasteiger partial charge in [0, 0.05) is 17.0 Å². The van der Waals surface area contributed by atoms with Crippen molar-refractivity contribution >= 4 is 35.2 Å². The van der Waals surface area contributed by atoms with Crippen molar-refractivity contribution in [1.82, 2.24) is 5.32 Å². The van der Waals surface area contributed by atoms with Gasteiger partial charge in [-0.2, -0.15) is 0 Å². The van der Waals surface area contributed by atoms with E-state index in [-0.39, 0.29) is 12.5 Å². The predicted molar refractivity (Wildman–Crippen MR) is 104 cm³/mol. The maximum atomic E-state index is 12.1. The molecule has 2 aromatic rings. The molecule has 0 saturated heterocycles. The minimum Gasteiger partial charge on any atom is -0.368 e. The molecular formula is C19H21N3O3S. The van der Waals surface area contributed by atoms with E-state index in [9.17, 15) is 14.4 Å². The Balaban J connectivity index is 1.82. The molecule has 0 heterocycles. The Morgan fingerprint density at radius 1 is 1.08 bits per heavy atom. The molecule has 136 valence electrons. The average molecular weight is 371 g/mol. The van der Waals surface area contributed by atoms with Crippen LogP contribution in [0.4, 0.5) is 5.69 Å². The molecule has 0 atom stereocenters. The molecule has 2 aromatic carbocycles. The number of carbonyl (C=O) groups is 3. The quantitative estimate of drug-likeness (QED) is 0.661. The monoisotopic (exact) mass is 371 g/mol. The second-order valence-corrected chi connectivity index (χ2v) is 6.74. The summed E-state index contributed by atoms with van der Waals surface area (Å²) in [6.45, 7) is 1.80. The highest BCUT2D eigenvalue weighted by Gasteiger charge is 2.09. The van der Waals surface area contributed by atoms with Gasteiger partial charge in [0.2, 0.25) is 11.8 Å². The Bertz CT molecular complexity index is 791. The molecule has 0 radical (unpaired) electrons. The van der Waals surface area contributed by atoms with Crippen molar-refractivity contribution < 1.29 is 14.4 Å². The molecule has 0 saturated carbocycles. The molecule has 0 aliphatic carbocycles. The first-order valence-electron chi connectivity index (χ1n) is 8.04. The number of primary amides is 1. The summed E-state index contributed by atoms with van der Waals surface area (Å²) in [6, 6.07) is 14.7. The lowest BCUT2D eigenvalue weighted by Crippen LogP contribution is -2.33. The number of hydrogen-bond donors (Lipinski definition) is 3. The summed E-state index contributed by atoms with van der Waals surface area (Å²) >= 11 is 1.52. The summed E-state index contributed by atoms with van der Waals surface area (Å²) in [5.41, 5.74) is 8.24. The molecule has 0 bridgehead atoms. The fourth-order valence-electron chi connectivity index (χ4n) is 2.15. The number of benzene rings is 2. The first kappa shape index (κ1) is 19.5. The highest BCUT2D eigenvalue weighted by Crippen LogP contribution is 2.15. The Labute approximate surface area is 156 Å². The van der Waals surface area contributed by atoms with Gasteiger partial charge in [-0.05, 0) is 30.7 Å². The van der Waals surface area contributed by atoms with E-state index in [1.165, 1.54) is 22.9 Å². The largest absolute Gasteiger partial charge is 0.368 e. The molecule has 26 heavy (non-hydrogen) atoms. The van der Waals surface area contributed by atoms with E-state index >= 15 is 0 Å². The van der Waals surface area contributed by atoms with Gasteiger partial charge in [-0.3, -0.25) is 14.4 Å². The molecule has 0 fully saturated rings. The van der Waals surface area contributed by atoms with E-state index in [1.54, 1.807) is 24.3 Å². The Morgan fingerprint density at radius 2 is 1.81 bits per heavy atom. The second-order valence-electron chi connectivity index (χ2n) is 5.76. The van der Waals surface area contributed by atoms with Crippen molar-refractivity contribution in [3.63, 3.8) is 0 Å². The number of nitrogens with one attached hydrogen (secondary N) is 2. The van der Waals surface area contributed by atoms with Crippen LogP contribution in [0.25, 0.3) is 0 Å². The van der Waals surface area contributed by atoms with Gasteiger partial charge in [0.15, 0.2) is 0 Å². The Morgan fingerprint density at radius 3 is 2.50 bits per heavy atom. The molecular weight excluding hydrogens is 350 g/mol. The van der Waals surface area contributed by atoms with Gasteiger partial charge < -0.3 is 16.4 Å². The van der Waals surface area contributed by atoms with Crippen LogP contribution in [-0.4, -0.2) is 30.0 Å². The summed E-state index contributed by atoms with van der Waals surface area (Å²) in [5, 5.41) is 5.17. The van der Waals surface area contributed by atoms with Gasteiger partial charge in [-0.1, -0.05) is 35.9 Å². The number of carbonyl (C=O) groups excluding carboxylic acids is 3. The number of thioether (sulfide) groups is 1. The van der Waals surface area contributed by atoms with Gasteiger partial charge in [0.25, 0.3) is 5.91 Å². The Kier molecular flexibility index (Phi) is 7.23. The van der Waals surface area contributed by atoms with Gasteiger partial charge >= 0.3 is 0 Å². The molecule has 7 heteroatoms. The van der Waals surface area contributed by atoms with Crippen LogP contribution in [0.15, 0.2) is 48.5 Å². The molecule has 4 N–H and O–H groups in total. The molecule has 0 unspecified atom stereocenters. The fraction of sp³-hybridized carbons (Fsp3) is 0.211. The topological polar surface area (TPSA) is 101 Å². The number of aryl methyl sites for hydroxylation is 1. The third-order valence-electron chi connectivity index (χ3n) is 3.45. The van der Waals surface area contributed by atoms with E-state index in [0.717, 1.165) is 5.75 Å². The second kappa shape index (κ2) is 9.62. The van der Waals surface area contributed by atoms with Gasteiger partial charge in [-0.25, -0.2) is 0 Å². The predicted octanol–water partition coefficient (Wildman–Crippen LogP) is 2.08. The lowest BCUT2D eigenvalue weighted by atomic mass is 10.2. The summed E-state index contributed by atoms with van der Waals surface area (Å²) < 4.78 is 0. The zero-order chi connectivity index (χ0) is 18.9. The number of nitrogens with two attached hydrogens (primary N) is 1. The van der Waals surface area contributed by atoms with Crippen molar-refractivity contribution in [3.05, 3.63) is 65.2 Å². The molecule has 3 amide bonds. The van der Waals surface area contributed by atoms with Crippen LogP contribution in [0.3, 0.4) is 0 Å². The van der Waals surface area contributed by atoms with Crippen LogP contribution in [0.5, 0.6) is 0 Å². The summed E-state index contributed by atoms with van der Waals surface area (Å²) in [7, 11) is 0. The van der Waals surface area contributed by atoms with Crippen LogP contribution in [0.1, 0.15) is 21.5 Å². The van der Waals surface area contributed by atoms with Crippen molar-refractivity contribution in [2.45, 2.75) is 12.7 Å². The van der Waals surface area contributed by atoms with E-state index in [0.29, 0.717) is 17.0 Å².